The van der Waals surface area contributed by atoms with Crippen LogP contribution >= 0.6 is 0 Å². The van der Waals surface area contributed by atoms with Crippen LogP contribution in [-0.2, 0) is 10.0 Å². The quantitative estimate of drug-likeness (QED) is 0.574. The van der Waals surface area contributed by atoms with Gasteiger partial charge in [-0.3, -0.25) is 4.79 Å². The van der Waals surface area contributed by atoms with E-state index in [1.165, 1.54) is 24.3 Å². The summed E-state index contributed by atoms with van der Waals surface area (Å²) in [6.45, 7) is 3.52. The van der Waals surface area contributed by atoms with E-state index in [9.17, 15) is 13.2 Å². The van der Waals surface area contributed by atoms with Crippen molar-refractivity contribution in [1.29, 1.82) is 0 Å². The van der Waals surface area contributed by atoms with Gasteiger partial charge in [-0.05, 0) is 56.3 Å². The molecule has 1 amide bonds. The second kappa shape index (κ2) is 8.27. The number of para-hydroxylation sites is 1. The van der Waals surface area contributed by atoms with Crippen molar-refractivity contribution in [2.45, 2.75) is 18.7 Å². The first-order valence-corrected chi connectivity index (χ1v) is 10.3. The number of aryl methyl sites for hydroxylation is 2. The number of amides is 1. The third-order valence-electron chi connectivity index (χ3n) is 4.07. The number of hydrogen-bond donors (Lipinski definition) is 3. The van der Waals surface area contributed by atoms with Crippen LogP contribution in [0.3, 0.4) is 0 Å². The average molecular weight is 411 g/mol. The maximum Gasteiger partial charge on any atom is 0.264 e. The topological polar surface area (TPSA) is 113 Å². The Labute approximate surface area is 169 Å². The Morgan fingerprint density at radius 1 is 0.931 bits per heavy atom. The van der Waals surface area contributed by atoms with E-state index < -0.39 is 10.0 Å². The molecule has 0 atom stereocenters. The first kappa shape index (κ1) is 20.3. The van der Waals surface area contributed by atoms with Crippen molar-refractivity contribution in [3.63, 3.8) is 0 Å². The van der Waals surface area contributed by atoms with Gasteiger partial charge in [0.25, 0.3) is 15.9 Å². The Kier molecular flexibility index (Phi) is 5.79. The van der Waals surface area contributed by atoms with Crippen molar-refractivity contribution in [2.75, 3.05) is 22.4 Å². The molecule has 3 rings (SSSR count). The molecule has 29 heavy (non-hydrogen) atoms. The molecule has 3 aromatic rings. The zero-order chi connectivity index (χ0) is 21.0. The molecule has 0 aliphatic carbocycles. The van der Waals surface area contributed by atoms with Crippen LogP contribution in [0.15, 0.2) is 59.5 Å². The number of nitrogens with one attached hydrogen (secondary N) is 3. The molecule has 8 nitrogen and oxygen atoms in total. The van der Waals surface area contributed by atoms with Crippen LogP contribution in [0, 0.1) is 13.8 Å². The van der Waals surface area contributed by atoms with E-state index >= 15 is 0 Å². The summed E-state index contributed by atoms with van der Waals surface area (Å²) >= 11 is 0. The van der Waals surface area contributed by atoms with Gasteiger partial charge in [-0.1, -0.05) is 12.1 Å². The lowest BCUT2D eigenvalue weighted by Crippen LogP contribution is -2.16. The predicted molar refractivity (Wildman–Crippen MR) is 113 cm³/mol. The van der Waals surface area contributed by atoms with Crippen LogP contribution in [0.1, 0.15) is 21.7 Å². The van der Waals surface area contributed by atoms with E-state index in [-0.39, 0.29) is 16.8 Å². The van der Waals surface area contributed by atoms with Crippen LogP contribution in [0.5, 0.6) is 0 Å². The number of anilines is 3. The van der Waals surface area contributed by atoms with Crippen molar-refractivity contribution < 1.29 is 13.2 Å². The maximum absolute atomic E-state index is 12.6. The molecule has 1 aromatic heterocycles. The number of hydrogen-bond acceptors (Lipinski definition) is 6. The van der Waals surface area contributed by atoms with E-state index in [4.69, 9.17) is 0 Å². The second-order valence-corrected chi connectivity index (χ2v) is 8.04. The molecule has 0 aliphatic heterocycles. The first-order valence-electron chi connectivity index (χ1n) is 8.82. The number of carbonyl (C=O) groups is 1. The Hall–Kier alpha value is -3.46. The van der Waals surface area contributed by atoms with Crippen molar-refractivity contribution in [1.82, 2.24) is 9.97 Å². The van der Waals surface area contributed by atoms with Gasteiger partial charge in [0.05, 0.1) is 10.5 Å². The smallest absolute Gasteiger partial charge is 0.264 e. The molecule has 0 bridgehead atoms. The minimum Gasteiger partial charge on any atom is -0.387 e. The molecule has 0 saturated heterocycles. The summed E-state index contributed by atoms with van der Waals surface area (Å²) in [7, 11) is -2.12. The summed E-state index contributed by atoms with van der Waals surface area (Å²) in [6, 6.07) is 14.7. The number of benzene rings is 2. The van der Waals surface area contributed by atoms with E-state index in [0.717, 1.165) is 0 Å². The highest BCUT2D eigenvalue weighted by molar-refractivity contribution is 7.92. The van der Waals surface area contributed by atoms with Gasteiger partial charge in [-0.2, -0.15) is 0 Å². The minimum atomic E-state index is -3.85. The van der Waals surface area contributed by atoms with Crippen LogP contribution in [0.4, 0.5) is 17.3 Å². The first-order chi connectivity index (χ1) is 13.8. The van der Waals surface area contributed by atoms with Crippen molar-refractivity contribution in [3.8, 4) is 0 Å². The summed E-state index contributed by atoms with van der Waals surface area (Å²) in [6.07, 6.45) is 0. The molecule has 0 spiro atoms. The molecule has 150 valence electrons. The normalized spacial score (nSPS) is 11.0. The number of nitrogens with zero attached hydrogens (tertiary/aromatic N) is 2. The lowest BCUT2D eigenvalue weighted by atomic mass is 10.1. The highest BCUT2D eigenvalue weighted by Gasteiger charge is 2.17. The Morgan fingerprint density at radius 3 is 2.17 bits per heavy atom. The fraction of sp³-hybridized carbons (Fsp3) is 0.150. The molecule has 0 saturated carbocycles. The zero-order valence-electron chi connectivity index (χ0n) is 16.2. The van der Waals surface area contributed by atoms with Gasteiger partial charge in [0.2, 0.25) is 5.95 Å². The zero-order valence-corrected chi connectivity index (χ0v) is 17.0. The summed E-state index contributed by atoms with van der Waals surface area (Å²) in [4.78, 5) is 20.7. The largest absolute Gasteiger partial charge is 0.387 e. The highest BCUT2D eigenvalue weighted by Crippen LogP contribution is 2.19. The lowest BCUT2D eigenvalue weighted by Gasteiger charge is -2.11. The third-order valence-corrected chi connectivity index (χ3v) is 5.42. The fourth-order valence-electron chi connectivity index (χ4n) is 2.77. The van der Waals surface area contributed by atoms with Gasteiger partial charge in [-0.25, -0.2) is 23.1 Å². The molecule has 0 aliphatic rings. The Morgan fingerprint density at radius 2 is 1.55 bits per heavy atom. The number of aromatic nitrogens is 2. The highest BCUT2D eigenvalue weighted by atomic mass is 32.2. The third kappa shape index (κ3) is 4.88. The molecule has 9 heteroatoms. The average Bonchev–Trinajstić information content (AvgIpc) is 2.67. The van der Waals surface area contributed by atoms with E-state index in [0.29, 0.717) is 28.3 Å². The molecule has 0 unspecified atom stereocenters. The fourth-order valence-corrected chi connectivity index (χ4v) is 3.71. The van der Waals surface area contributed by atoms with Gasteiger partial charge >= 0.3 is 0 Å². The van der Waals surface area contributed by atoms with Gasteiger partial charge in [0, 0.05) is 29.8 Å². The molecule has 0 radical (unpaired) electrons. The van der Waals surface area contributed by atoms with E-state index in [1.54, 1.807) is 45.2 Å². The number of carbonyl (C=O) groups excluding carboxylic acids is 1. The van der Waals surface area contributed by atoms with Crippen LogP contribution in [0.25, 0.3) is 0 Å². The molecular weight excluding hydrogens is 390 g/mol. The van der Waals surface area contributed by atoms with E-state index in [1.807, 2.05) is 6.07 Å². The van der Waals surface area contributed by atoms with Crippen molar-refractivity contribution in [3.05, 3.63) is 71.5 Å². The van der Waals surface area contributed by atoms with Gasteiger partial charge in [-0.15, -0.1) is 0 Å². The summed E-state index contributed by atoms with van der Waals surface area (Å²) in [5.41, 5.74) is 2.98. The monoisotopic (exact) mass is 411 g/mol. The van der Waals surface area contributed by atoms with Gasteiger partial charge in [0.15, 0.2) is 0 Å². The standard InChI is InChI=1S/C20H21N5O3S/c1-13-12-14(2)23-20(22-13)25-29(27,28)16-10-8-15(9-11-16)24-19(26)17-6-4-5-7-18(17)21-3/h4-12,21H,1-3H3,(H,24,26)(H,22,23,25). The van der Waals surface area contributed by atoms with Crippen LogP contribution in [-0.4, -0.2) is 31.3 Å². The Balaban J connectivity index is 1.76. The maximum atomic E-state index is 12.6. The SMILES string of the molecule is CNc1ccccc1C(=O)Nc1ccc(S(=O)(=O)Nc2nc(C)cc(C)n2)cc1. The molecular formula is C20H21N5O3S. The number of sulfonamides is 1. The molecule has 0 fully saturated rings. The lowest BCUT2D eigenvalue weighted by molar-refractivity contribution is 0.102. The summed E-state index contributed by atoms with van der Waals surface area (Å²) in [5.74, 6) is -0.282. The molecule has 2 aromatic carbocycles. The second-order valence-electron chi connectivity index (χ2n) is 6.35. The van der Waals surface area contributed by atoms with Crippen LogP contribution in [0.2, 0.25) is 0 Å². The Bertz CT molecular complexity index is 1120. The summed E-state index contributed by atoms with van der Waals surface area (Å²) < 4.78 is 27.5. The molecule has 3 N–H and O–H groups in total. The minimum absolute atomic E-state index is 0.0172. The number of rotatable bonds is 6. The molecule has 1 heterocycles. The van der Waals surface area contributed by atoms with E-state index in [2.05, 4.69) is 25.3 Å². The van der Waals surface area contributed by atoms with Crippen molar-refractivity contribution in [2.24, 2.45) is 0 Å². The summed E-state index contributed by atoms with van der Waals surface area (Å²) in [5, 5.41) is 5.72. The predicted octanol–water partition coefficient (Wildman–Crippen LogP) is 3.19. The van der Waals surface area contributed by atoms with Crippen LogP contribution < -0.4 is 15.4 Å². The van der Waals surface area contributed by atoms with Crippen molar-refractivity contribution >= 4 is 33.3 Å². The van der Waals surface area contributed by atoms with Gasteiger partial charge in [0.1, 0.15) is 0 Å². The van der Waals surface area contributed by atoms with Gasteiger partial charge < -0.3 is 10.6 Å².